The minimum absolute atomic E-state index is 0.183. The predicted molar refractivity (Wildman–Crippen MR) is 71.8 cm³/mol. The molecule has 1 aliphatic rings. The fraction of sp³-hybridized carbons (Fsp3) is 0.857. The van der Waals surface area contributed by atoms with E-state index in [1.807, 2.05) is 0 Å². The van der Waals surface area contributed by atoms with Crippen molar-refractivity contribution in [3.63, 3.8) is 0 Å². The van der Waals surface area contributed by atoms with Crippen LogP contribution in [0.4, 0.5) is 0 Å². The van der Waals surface area contributed by atoms with E-state index in [2.05, 4.69) is 44.5 Å². The molecule has 0 spiro atoms. The minimum atomic E-state index is 0.183. The summed E-state index contributed by atoms with van der Waals surface area (Å²) >= 11 is 0. The van der Waals surface area contributed by atoms with Crippen LogP contribution < -0.4 is 5.32 Å². The Kier molecular flexibility index (Phi) is 5.00. The van der Waals surface area contributed by atoms with Crippen molar-refractivity contribution in [3.8, 4) is 0 Å². The van der Waals surface area contributed by atoms with Gasteiger partial charge in [-0.1, -0.05) is 25.5 Å². The maximum absolute atomic E-state index is 4.15. The Hall–Kier alpha value is -0.340. The van der Waals surface area contributed by atoms with Crippen molar-refractivity contribution in [1.82, 2.24) is 10.2 Å². The van der Waals surface area contributed by atoms with E-state index in [4.69, 9.17) is 0 Å². The van der Waals surface area contributed by atoms with Crippen molar-refractivity contribution < 1.29 is 0 Å². The van der Waals surface area contributed by atoms with E-state index in [-0.39, 0.29) is 5.54 Å². The summed E-state index contributed by atoms with van der Waals surface area (Å²) in [6.07, 6.45) is 4.09. The Labute approximate surface area is 101 Å². The van der Waals surface area contributed by atoms with Gasteiger partial charge in [0, 0.05) is 11.6 Å². The van der Waals surface area contributed by atoms with Crippen molar-refractivity contribution in [2.45, 2.75) is 58.5 Å². The lowest BCUT2D eigenvalue weighted by Crippen LogP contribution is -2.59. The number of likely N-dealkylation sites (tertiary alicyclic amines) is 1. The third-order valence-electron chi connectivity index (χ3n) is 3.78. The van der Waals surface area contributed by atoms with Crippen LogP contribution >= 0.6 is 0 Å². The number of rotatable bonds is 5. The highest BCUT2D eigenvalue weighted by Crippen LogP contribution is 2.26. The SMILES string of the molecule is C=C(C)C(NCC)C(C)(C)N1CCCCC1. The Morgan fingerprint density at radius 1 is 1.31 bits per heavy atom. The van der Waals surface area contributed by atoms with Crippen molar-refractivity contribution in [1.29, 1.82) is 0 Å². The summed E-state index contributed by atoms with van der Waals surface area (Å²) in [7, 11) is 0. The van der Waals surface area contributed by atoms with Crippen LogP contribution in [0, 0.1) is 0 Å². The van der Waals surface area contributed by atoms with Gasteiger partial charge < -0.3 is 5.32 Å². The molecule has 0 aromatic carbocycles. The van der Waals surface area contributed by atoms with Crippen molar-refractivity contribution in [3.05, 3.63) is 12.2 Å². The molecule has 0 saturated carbocycles. The van der Waals surface area contributed by atoms with E-state index in [1.165, 1.54) is 37.9 Å². The van der Waals surface area contributed by atoms with E-state index in [1.54, 1.807) is 0 Å². The molecule has 1 saturated heterocycles. The first kappa shape index (κ1) is 13.7. The van der Waals surface area contributed by atoms with Crippen molar-refractivity contribution >= 4 is 0 Å². The van der Waals surface area contributed by atoms with Gasteiger partial charge in [-0.05, 0) is 53.2 Å². The van der Waals surface area contributed by atoms with Crippen LogP contribution in [0.3, 0.4) is 0 Å². The van der Waals surface area contributed by atoms with Crippen LogP contribution in [-0.2, 0) is 0 Å². The van der Waals surface area contributed by atoms with E-state index in [9.17, 15) is 0 Å². The molecule has 0 aromatic rings. The zero-order chi connectivity index (χ0) is 12.2. The Balaban J connectivity index is 2.74. The smallest absolute Gasteiger partial charge is 0.0455 e. The Morgan fingerprint density at radius 2 is 1.88 bits per heavy atom. The fourth-order valence-corrected chi connectivity index (χ4v) is 2.88. The van der Waals surface area contributed by atoms with Crippen LogP contribution in [0.5, 0.6) is 0 Å². The minimum Gasteiger partial charge on any atom is -0.309 e. The monoisotopic (exact) mass is 224 g/mol. The van der Waals surface area contributed by atoms with Crippen LogP contribution in [0.15, 0.2) is 12.2 Å². The van der Waals surface area contributed by atoms with E-state index >= 15 is 0 Å². The highest BCUT2D eigenvalue weighted by molar-refractivity contribution is 5.12. The second-order valence-corrected chi connectivity index (χ2v) is 5.54. The van der Waals surface area contributed by atoms with Gasteiger partial charge in [-0.15, -0.1) is 0 Å². The molecule has 1 heterocycles. The molecule has 16 heavy (non-hydrogen) atoms. The molecule has 0 radical (unpaired) electrons. The van der Waals surface area contributed by atoms with Gasteiger partial charge >= 0.3 is 0 Å². The van der Waals surface area contributed by atoms with Gasteiger partial charge in [0.15, 0.2) is 0 Å². The van der Waals surface area contributed by atoms with Gasteiger partial charge in [0.25, 0.3) is 0 Å². The quantitative estimate of drug-likeness (QED) is 0.722. The molecule has 94 valence electrons. The summed E-state index contributed by atoms with van der Waals surface area (Å²) in [6, 6.07) is 0.399. The van der Waals surface area contributed by atoms with E-state index in [0.717, 1.165) is 6.54 Å². The molecule has 0 aliphatic carbocycles. The van der Waals surface area contributed by atoms with Crippen LogP contribution in [0.1, 0.15) is 47.0 Å². The van der Waals surface area contributed by atoms with Gasteiger partial charge in [0.05, 0.1) is 0 Å². The van der Waals surface area contributed by atoms with Gasteiger partial charge in [-0.2, -0.15) is 0 Å². The number of hydrogen-bond acceptors (Lipinski definition) is 2. The standard InChI is InChI=1S/C14H28N2/c1-6-15-13(12(2)3)14(4,5)16-10-8-7-9-11-16/h13,15H,2,6-11H2,1,3-5H3. The average molecular weight is 224 g/mol. The Morgan fingerprint density at radius 3 is 2.31 bits per heavy atom. The summed E-state index contributed by atoms with van der Waals surface area (Å²) in [5.74, 6) is 0. The topological polar surface area (TPSA) is 15.3 Å². The number of hydrogen-bond donors (Lipinski definition) is 1. The summed E-state index contributed by atoms with van der Waals surface area (Å²) in [5.41, 5.74) is 1.43. The molecule has 0 bridgehead atoms. The lowest BCUT2D eigenvalue weighted by molar-refractivity contribution is 0.0723. The molecule has 2 nitrogen and oxygen atoms in total. The lowest BCUT2D eigenvalue weighted by Gasteiger charge is -2.46. The highest BCUT2D eigenvalue weighted by Gasteiger charge is 2.35. The number of likely N-dealkylation sites (N-methyl/N-ethyl adjacent to an activating group) is 1. The van der Waals surface area contributed by atoms with Crippen LogP contribution in [0.25, 0.3) is 0 Å². The first-order valence-electron chi connectivity index (χ1n) is 6.64. The second kappa shape index (κ2) is 5.83. The summed E-state index contributed by atoms with van der Waals surface area (Å²) in [4.78, 5) is 2.62. The van der Waals surface area contributed by atoms with Crippen LogP contribution in [-0.4, -0.2) is 36.1 Å². The molecule has 0 amide bonds. The molecule has 1 aliphatic heterocycles. The number of nitrogens with one attached hydrogen (secondary N) is 1. The lowest BCUT2D eigenvalue weighted by atomic mass is 9.86. The summed E-state index contributed by atoms with van der Waals surface area (Å²) in [6.45, 7) is 16.6. The summed E-state index contributed by atoms with van der Waals surface area (Å²) in [5, 5.41) is 3.58. The van der Waals surface area contributed by atoms with Crippen molar-refractivity contribution in [2.75, 3.05) is 19.6 Å². The largest absolute Gasteiger partial charge is 0.309 e. The molecular weight excluding hydrogens is 196 g/mol. The molecule has 1 atom stereocenters. The first-order chi connectivity index (χ1) is 7.50. The average Bonchev–Trinajstić information content (AvgIpc) is 2.26. The Bertz CT molecular complexity index is 227. The zero-order valence-electron chi connectivity index (χ0n) is 11.5. The second-order valence-electron chi connectivity index (χ2n) is 5.54. The van der Waals surface area contributed by atoms with Gasteiger partial charge in [0.2, 0.25) is 0 Å². The summed E-state index contributed by atoms with van der Waals surface area (Å²) < 4.78 is 0. The number of nitrogens with zero attached hydrogens (tertiary/aromatic N) is 1. The molecule has 1 N–H and O–H groups in total. The van der Waals surface area contributed by atoms with Gasteiger partial charge in [-0.3, -0.25) is 4.90 Å². The number of piperidine rings is 1. The first-order valence-corrected chi connectivity index (χ1v) is 6.64. The third-order valence-corrected chi connectivity index (χ3v) is 3.78. The van der Waals surface area contributed by atoms with Crippen LogP contribution in [0.2, 0.25) is 0 Å². The molecular formula is C14H28N2. The van der Waals surface area contributed by atoms with E-state index < -0.39 is 0 Å². The molecule has 0 aromatic heterocycles. The fourth-order valence-electron chi connectivity index (χ4n) is 2.88. The highest BCUT2D eigenvalue weighted by atomic mass is 15.2. The van der Waals surface area contributed by atoms with Gasteiger partial charge in [0.1, 0.15) is 0 Å². The zero-order valence-corrected chi connectivity index (χ0v) is 11.5. The maximum Gasteiger partial charge on any atom is 0.0455 e. The molecule has 1 rings (SSSR count). The van der Waals surface area contributed by atoms with Gasteiger partial charge in [-0.25, -0.2) is 0 Å². The normalized spacial score (nSPS) is 20.8. The third kappa shape index (κ3) is 3.08. The van der Waals surface area contributed by atoms with Crippen molar-refractivity contribution in [2.24, 2.45) is 0 Å². The molecule has 1 unspecified atom stereocenters. The predicted octanol–water partition coefficient (Wildman–Crippen LogP) is 2.81. The molecule has 1 fully saturated rings. The van der Waals surface area contributed by atoms with E-state index in [0.29, 0.717) is 6.04 Å². The molecule has 2 heteroatoms. The maximum atomic E-state index is 4.15.